The van der Waals surface area contributed by atoms with Gasteiger partial charge in [-0.15, -0.1) is 0 Å². The van der Waals surface area contributed by atoms with Crippen LogP contribution in [0.5, 0.6) is 0 Å². The van der Waals surface area contributed by atoms with Gasteiger partial charge in [0.2, 0.25) is 4.73 Å². The standard InChI is InChI=1S/C11H7Br2N5/c12-6-3-1-2-4-7(6)16-10-8-9(15-5-14-8)17-11(13)18-10/h1-5H,(H2,14,15,16,17,18). The number of H-pyrrole nitrogens is 1. The van der Waals surface area contributed by atoms with Gasteiger partial charge in [0, 0.05) is 4.47 Å². The van der Waals surface area contributed by atoms with E-state index in [-0.39, 0.29) is 0 Å². The van der Waals surface area contributed by atoms with Gasteiger partial charge in [-0.3, -0.25) is 0 Å². The third kappa shape index (κ3) is 2.11. The molecule has 0 spiro atoms. The molecule has 3 aromatic rings. The van der Waals surface area contributed by atoms with Gasteiger partial charge in [-0.25, -0.2) is 15.0 Å². The predicted octanol–water partition coefficient (Wildman–Crippen LogP) is 3.62. The fourth-order valence-corrected chi connectivity index (χ4v) is 2.32. The number of anilines is 2. The number of rotatable bonds is 2. The number of benzene rings is 1. The zero-order valence-electron chi connectivity index (χ0n) is 8.98. The quantitative estimate of drug-likeness (QED) is 0.678. The van der Waals surface area contributed by atoms with Crippen LogP contribution in [-0.2, 0) is 0 Å². The van der Waals surface area contributed by atoms with Crippen molar-refractivity contribution in [2.24, 2.45) is 0 Å². The summed E-state index contributed by atoms with van der Waals surface area (Å²) in [7, 11) is 0. The van der Waals surface area contributed by atoms with Crippen LogP contribution in [0.3, 0.4) is 0 Å². The molecule has 0 aliphatic rings. The normalized spacial score (nSPS) is 10.8. The van der Waals surface area contributed by atoms with Crippen LogP contribution < -0.4 is 5.32 Å². The summed E-state index contributed by atoms with van der Waals surface area (Å²) >= 11 is 6.76. The summed E-state index contributed by atoms with van der Waals surface area (Å²) in [6.07, 6.45) is 1.59. The second-order valence-corrected chi connectivity index (χ2v) is 5.11. The molecule has 0 saturated carbocycles. The third-order valence-electron chi connectivity index (χ3n) is 2.39. The highest BCUT2D eigenvalue weighted by Crippen LogP contribution is 2.27. The second-order valence-electron chi connectivity index (χ2n) is 3.55. The Kier molecular flexibility index (Phi) is 3.00. The van der Waals surface area contributed by atoms with Crippen molar-refractivity contribution >= 4 is 54.5 Å². The largest absolute Gasteiger partial charge is 0.340 e. The Hall–Kier alpha value is -1.47. The average molecular weight is 369 g/mol. The Labute approximate surface area is 119 Å². The number of halogens is 2. The molecule has 0 atom stereocenters. The van der Waals surface area contributed by atoms with E-state index >= 15 is 0 Å². The SMILES string of the molecule is Brc1nc(Nc2ccccc2Br)c2[nH]cnc2n1. The van der Waals surface area contributed by atoms with Crippen molar-refractivity contribution in [3.05, 3.63) is 39.8 Å². The first kappa shape index (κ1) is 11.6. The van der Waals surface area contributed by atoms with E-state index in [2.05, 4.69) is 57.1 Å². The monoisotopic (exact) mass is 367 g/mol. The van der Waals surface area contributed by atoms with Crippen molar-refractivity contribution in [1.29, 1.82) is 0 Å². The highest BCUT2D eigenvalue weighted by atomic mass is 79.9. The molecule has 18 heavy (non-hydrogen) atoms. The highest BCUT2D eigenvalue weighted by Gasteiger charge is 2.09. The number of nitrogens with one attached hydrogen (secondary N) is 2. The van der Waals surface area contributed by atoms with Crippen molar-refractivity contribution in [1.82, 2.24) is 19.9 Å². The van der Waals surface area contributed by atoms with Crippen LogP contribution >= 0.6 is 31.9 Å². The van der Waals surface area contributed by atoms with Gasteiger partial charge in [-0.2, -0.15) is 0 Å². The topological polar surface area (TPSA) is 66.5 Å². The van der Waals surface area contributed by atoms with Gasteiger partial charge in [-0.05, 0) is 44.0 Å². The summed E-state index contributed by atoms with van der Waals surface area (Å²) in [5.74, 6) is 0.677. The van der Waals surface area contributed by atoms with E-state index in [0.717, 1.165) is 15.7 Å². The molecule has 7 heteroatoms. The summed E-state index contributed by atoms with van der Waals surface area (Å²) in [6, 6.07) is 7.83. The second kappa shape index (κ2) is 4.66. The Balaban J connectivity index is 2.10. The van der Waals surface area contributed by atoms with Crippen LogP contribution in [0.2, 0.25) is 0 Å². The first-order chi connectivity index (χ1) is 8.74. The summed E-state index contributed by atoms with van der Waals surface area (Å²) < 4.78 is 1.46. The van der Waals surface area contributed by atoms with E-state index in [1.54, 1.807) is 6.33 Å². The molecule has 90 valence electrons. The number of aromatic amines is 1. The molecule has 0 saturated heterocycles. The lowest BCUT2D eigenvalue weighted by Gasteiger charge is -2.08. The highest BCUT2D eigenvalue weighted by molar-refractivity contribution is 9.10. The van der Waals surface area contributed by atoms with E-state index in [0.29, 0.717) is 16.2 Å². The van der Waals surface area contributed by atoms with Crippen LogP contribution in [0.25, 0.3) is 11.2 Å². The van der Waals surface area contributed by atoms with Crippen molar-refractivity contribution in [3.63, 3.8) is 0 Å². The van der Waals surface area contributed by atoms with Gasteiger partial charge in [0.1, 0.15) is 5.52 Å². The molecule has 0 aliphatic carbocycles. The maximum Gasteiger partial charge on any atom is 0.200 e. The van der Waals surface area contributed by atoms with Gasteiger partial charge in [0.15, 0.2) is 11.5 Å². The minimum absolute atomic E-state index is 0.497. The predicted molar refractivity (Wildman–Crippen MR) is 76.8 cm³/mol. The first-order valence-corrected chi connectivity index (χ1v) is 6.71. The van der Waals surface area contributed by atoms with E-state index in [1.807, 2.05) is 24.3 Å². The molecular formula is C11H7Br2N5. The number of para-hydroxylation sites is 1. The number of hydrogen-bond acceptors (Lipinski definition) is 4. The molecule has 0 unspecified atom stereocenters. The maximum absolute atomic E-state index is 4.31. The Morgan fingerprint density at radius 2 is 1.94 bits per heavy atom. The summed E-state index contributed by atoms with van der Waals surface area (Å²) in [6.45, 7) is 0. The van der Waals surface area contributed by atoms with E-state index in [4.69, 9.17) is 0 Å². The summed E-state index contributed by atoms with van der Waals surface area (Å²) in [5, 5.41) is 3.24. The number of nitrogens with zero attached hydrogens (tertiary/aromatic N) is 3. The van der Waals surface area contributed by atoms with Gasteiger partial charge in [-0.1, -0.05) is 12.1 Å². The molecule has 1 aromatic carbocycles. The van der Waals surface area contributed by atoms with Crippen LogP contribution in [0, 0.1) is 0 Å². The number of imidazole rings is 1. The minimum atomic E-state index is 0.497. The van der Waals surface area contributed by atoms with E-state index in [9.17, 15) is 0 Å². The molecule has 0 fully saturated rings. The van der Waals surface area contributed by atoms with Gasteiger partial charge in [0.25, 0.3) is 0 Å². The molecule has 2 aromatic heterocycles. The molecule has 3 rings (SSSR count). The Bertz CT molecular complexity index is 709. The van der Waals surface area contributed by atoms with Crippen molar-refractivity contribution in [3.8, 4) is 0 Å². The molecule has 5 nitrogen and oxygen atoms in total. The van der Waals surface area contributed by atoms with Crippen LogP contribution in [0.15, 0.2) is 39.8 Å². The minimum Gasteiger partial charge on any atom is -0.340 e. The lowest BCUT2D eigenvalue weighted by atomic mass is 10.3. The van der Waals surface area contributed by atoms with E-state index in [1.165, 1.54) is 0 Å². The molecule has 0 bridgehead atoms. The molecule has 0 amide bonds. The molecule has 2 heterocycles. The summed E-state index contributed by atoms with van der Waals surface area (Å²) in [5.41, 5.74) is 2.32. The van der Waals surface area contributed by atoms with Crippen molar-refractivity contribution in [2.75, 3.05) is 5.32 Å². The Morgan fingerprint density at radius 1 is 1.11 bits per heavy atom. The van der Waals surface area contributed by atoms with Gasteiger partial charge < -0.3 is 10.3 Å². The third-order valence-corrected chi connectivity index (χ3v) is 3.43. The molecule has 2 N–H and O–H groups in total. The zero-order chi connectivity index (χ0) is 12.5. The lowest BCUT2D eigenvalue weighted by Crippen LogP contribution is -1.97. The number of fused-ring (bicyclic) bond motifs is 1. The molecule has 0 radical (unpaired) electrons. The van der Waals surface area contributed by atoms with Gasteiger partial charge in [0.05, 0.1) is 12.0 Å². The maximum atomic E-state index is 4.31. The molecular weight excluding hydrogens is 362 g/mol. The number of aromatic nitrogens is 4. The van der Waals surface area contributed by atoms with Crippen molar-refractivity contribution < 1.29 is 0 Å². The summed E-state index contributed by atoms with van der Waals surface area (Å²) in [4.78, 5) is 15.6. The Morgan fingerprint density at radius 3 is 2.78 bits per heavy atom. The first-order valence-electron chi connectivity index (χ1n) is 5.12. The van der Waals surface area contributed by atoms with Crippen LogP contribution in [0.1, 0.15) is 0 Å². The van der Waals surface area contributed by atoms with Crippen molar-refractivity contribution in [2.45, 2.75) is 0 Å². The lowest BCUT2D eigenvalue weighted by molar-refractivity contribution is 1.14. The smallest absolute Gasteiger partial charge is 0.200 e. The van der Waals surface area contributed by atoms with E-state index < -0.39 is 0 Å². The number of hydrogen-bond donors (Lipinski definition) is 2. The zero-order valence-corrected chi connectivity index (χ0v) is 12.2. The molecule has 0 aliphatic heterocycles. The van der Waals surface area contributed by atoms with Crippen LogP contribution in [-0.4, -0.2) is 19.9 Å². The fraction of sp³-hybridized carbons (Fsp3) is 0. The van der Waals surface area contributed by atoms with Crippen LogP contribution in [0.4, 0.5) is 11.5 Å². The van der Waals surface area contributed by atoms with Gasteiger partial charge >= 0.3 is 0 Å². The fourth-order valence-electron chi connectivity index (χ4n) is 1.59. The average Bonchev–Trinajstić information content (AvgIpc) is 2.80.